The summed E-state index contributed by atoms with van der Waals surface area (Å²) < 4.78 is 26.3. The summed E-state index contributed by atoms with van der Waals surface area (Å²) in [6.45, 7) is 1.19. The van der Waals surface area contributed by atoms with Crippen molar-refractivity contribution in [1.82, 2.24) is 9.80 Å². The first-order valence-electron chi connectivity index (χ1n) is 6.60. The summed E-state index contributed by atoms with van der Waals surface area (Å²) in [6, 6.07) is 2.02. The molecular weight excluding hydrogens is 264 g/mol. The van der Waals surface area contributed by atoms with Crippen LogP contribution < -0.4 is 5.73 Å². The summed E-state index contributed by atoms with van der Waals surface area (Å²) in [7, 11) is 3.93. The van der Waals surface area contributed by atoms with Gasteiger partial charge in [0.15, 0.2) is 11.6 Å². The molecule has 1 fully saturated rings. The highest BCUT2D eigenvalue weighted by Crippen LogP contribution is 2.22. The molecule has 1 atom stereocenters. The van der Waals surface area contributed by atoms with E-state index in [1.165, 1.54) is 0 Å². The lowest BCUT2D eigenvalue weighted by Crippen LogP contribution is -2.47. The van der Waals surface area contributed by atoms with E-state index in [4.69, 9.17) is 5.73 Å². The van der Waals surface area contributed by atoms with Crippen LogP contribution in [0.4, 0.5) is 14.5 Å². The van der Waals surface area contributed by atoms with Gasteiger partial charge in [0.1, 0.15) is 0 Å². The van der Waals surface area contributed by atoms with Crippen LogP contribution in [0.2, 0.25) is 0 Å². The number of piperidine rings is 1. The summed E-state index contributed by atoms with van der Waals surface area (Å²) in [5.74, 6) is -2.43. The maximum atomic E-state index is 13.3. The minimum Gasteiger partial charge on any atom is -0.398 e. The van der Waals surface area contributed by atoms with Crippen molar-refractivity contribution in [3.05, 3.63) is 29.3 Å². The molecule has 1 amide bonds. The van der Waals surface area contributed by atoms with Gasteiger partial charge < -0.3 is 15.5 Å². The van der Waals surface area contributed by atoms with Crippen LogP contribution in [0, 0.1) is 11.6 Å². The zero-order chi connectivity index (χ0) is 14.9. The third-order valence-electron chi connectivity index (χ3n) is 3.74. The second-order valence-corrected chi connectivity index (χ2v) is 5.36. The Morgan fingerprint density at radius 3 is 2.65 bits per heavy atom. The summed E-state index contributed by atoms with van der Waals surface area (Å²) in [6.07, 6.45) is 1.90. The fourth-order valence-corrected chi connectivity index (χ4v) is 2.48. The second kappa shape index (κ2) is 5.75. The van der Waals surface area contributed by atoms with Gasteiger partial charge in [-0.3, -0.25) is 4.79 Å². The van der Waals surface area contributed by atoms with Crippen LogP contribution in [0.5, 0.6) is 0 Å². The minimum absolute atomic E-state index is 0.0270. The zero-order valence-electron chi connectivity index (χ0n) is 11.7. The minimum atomic E-state index is -1.05. The molecule has 2 rings (SSSR count). The van der Waals surface area contributed by atoms with Gasteiger partial charge in [-0.05, 0) is 33.0 Å². The summed E-state index contributed by atoms with van der Waals surface area (Å²) in [5, 5.41) is 0. The fraction of sp³-hybridized carbons (Fsp3) is 0.500. The molecule has 110 valence electrons. The van der Waals surface area contributed by atoms with E-state index in [1.54, 1.807) is 4.90 Å². The van der Waals surface area contributed by atoms with Gasteiger partial charge in [-0.2, -0.15) is 0 Å². The number of benzene rings is 1. The van der Waals surface area contributed by atoms with Crippen LogP contribution in [-0.4, -0.2) is 48.9 Å². The van der Waals surface area contributed by atoms with Crippen molar-refractivity contribution in [2.75, 3.05) is 32.9 Å². The van der Waals surface area contributed by atoms with E-state index in [2.05, 4.69) is 4.90 Å². The van der Waals surface area contributed by atoms with E-state index in [9.17, 15) is 13.6 Å². The number of likely N-dealkylation sites (N-methyl/N-ethyl adjacent to an activating group) is 1. The number of hydrogen-bond donors (Lipinski definition) is 1. The molecule has 0 aliphatic carbocycles. The largest absolute Gasteiger partial charge is 0.398 e. The Kier molecular flexibility index (Phi) is 4.23. The smallest absolute Gasteiger partial charge is 0.256 e. The number of carbonyl (C=O) groups excluding carboxylic acids is 1. The SMILES string of the molecule is CN(C)C1CCCN(C(=O)c2cc(F)c(F)cc2N)C1. The maximum Gasteiger partial charge on any atom is 0.256 e. The second-order valence-electron chi connectivity index (χ2n) is 5.36. The number of likely N-dealkylation sites (tertiary alicyclic amines) is 1. The highest BCUT2D eigenvalue weighted by Gasteiger charge is 2.27. The molecule has 6 heteroatoms. The molecule has 1 saturated heterocycles. The molecule has 2 N–H and O–H groups in total. The van der Waals surface area contributed by atoms with E-state index in [1.807, 2.05) is 14.1 Å². The normalized spacial score (nSPS) is 19.4. The summed E-state index contributed by atoms with van der Waals surface area (Å²) in [4.78, 5) is 16.1. The van der Waals surface area contributed by atoms with Crippen molar-refractivity contribution < 1.29 is 13.6 Å². The Bertz CT molecular complexity index is 519. The van der Waals surface area contributed by atoms with Gasteiger partial charge in [0.25, 0.3) is 5.91 Å². The van der Waals surface area contributed by atoms with Crippen LogP contribution in [0.1, 0.15) is 23.2 Å². The Labute approximate surface area is 117 Å². The third-order valence-corrected chi connectivity index (χ3v) is 3.74. The molecule has 0 saturated carbocycles. The van der Waals surface area contributed by atoms with Crippen molar-refractivity contribution in [3.8, 4) is 0 Å². The van der Waals surface area contributed by atoms with Crippen LogP contribution in [0.15, 0.2) is 12.1 Å². The van der Waals surface area contributed by atoms with Gasteiger partial charge in [0.05, 0.1) is 5.56 Å². The first kappa shape index (κ1) is 14.7. The topological polar surface area (TPSA) is 49.6 Å². The molecular formula is C14H19F2N3O. The Balaban J connectivity index is 2.21. The van der Waals surface area contributed by atoms with Gasteiger partial charge >= 0.3 is 0 Å². The van der Waals surface area contributed by atoms with Crippen molar-refractivity contribution in [3.63, 3.8) is 0 Å². The summed E-state index contributed by atoms with van der Waals surface area (Å²) in [5.41, 5.74) is 5.63. The predicted octanol–water partition coefficient (Wildman–Crippen LogP) is 1.71. The lowest BCUT2D eigenvalue weighted by Gasteiger charge is -2.36. The van der Waals surface area contributed by atoms with Crippen molar-refractivity contribution in [2.45, 2.75) is 18.9 Å². The molecule has 0 bridgehead atoms. The molecule has 1 unspecified atom stereocenters. The number of halogens is 2. The number of nitrogens with two attached hydrogens (primary N) is 1. The molecule has 4 nitrogen and oxygen atoms in total. The van der Waals surface area contributed by atoms with Crippen LogP contribution in [0.25, 0.3) is 0 Å². The summed E-state index contributed by atoms with van der Waals surface area (Å²) >= 11 is 0. The quantitative estimate of drug-likeness (QED) is 0.841. The maximum absolute atomic E-state index is 13.3. The lowest BCUT2D eigenvalue weighted by atomic mass is 10.0. The molecule has 0 radical (unpaired) electrons. The molecule has 1 aliphatic rings. The average molecular weight is 283 g/mol. The van der Waals surface area contributed by atoms with E-state index in [0.29, 0.717) is 13.1 Å². The molecule has 1 aromatic carbocycles. The predicted molar refractivity (Wildman–Crippen MR) is 73.4 cm³/mol. The van der Waals surface area contributed by atoms with E-state index < -0.39 is 11.6 Å². The third kappa shape index (κ3) is 2.90. The van der Waals surface area contributed by atoms with Crippen LogP contribution >= 0.6 is 0 Å². The molecule has 0 aromatic heterocycles. The van der Waals surface area contributed by atoms with Gasteiger partial charge in [-0.15, -0.1) is 0 Å². The van der Waals surface area contributed by atoms with Crippen molar-refractivity contribution >= 4 is 11.6 Å². The Morgan fingerprint density at radius 1 is 1.35 bits per heavy atom. The number of amides is 1. The van der Waals surface area contributed by atoms with Crippen molar-refractivity contribution in [2.24, 2.45) is 0 Å². The van der Waals surface area contributed by atoms with E-state index >= 15 is 0 Å². The van der Waals surface area contributed by atoms with Gasteiger partial charge in [0, 0.05) is 30.9 Å². The highest BCUT2D eigenvalue weighted by molar-refractivity contribution is 5.99. The van der Waals surface area contributed by atoms with E-state index in [0.717, 1.165) is 25.0 Å². The number of nitrogen functional groups attached to an aromatic ring is 1. The molecule has 1 aliphatic heterocycles. The number of hydrogen-bond acceptors (Lipinski definition) is 3. The van der Waals surface area contributed by atoms with Gasteiger partial charge in [-0.1, -0.05) is 0 Å². The van der Waals surface area contributed by atoms with Gasteiger partial charge in [-0.25, -0.2) is 8.78 Å². The standard InChI is InChI=1S/C14H19F2N3O/c1-18(2)9-4-3-5-19(8-9)14(20)10-6-11(15)12(16)7-13(10)17/h6-7,9H,3-5,8,17H2,1-2H3. The first-order chi connectivity index (χ1) is 9.40. The molecule has 1 heterocycles. The van der Waals surface area contributed by atoms with Crippen LogP contribution in [-0.2, 0) is 0 Å². The Morgan fingerprint density at radius 2 is 2.00 bits per heavy atom. The number of nitrogens with zero attached hydrogens (tertiary/aromatic N) is 2. The molecule has 1 aromatic rings. The Hall–Kier alpha value is -1.69. The highest BCUT2D eigenvalue weighted by atomic mass is 19.2. The average Bonchev–Trinajstić information content (AvgIpc) is 2.42. The van der Waals surface area contributed by atoms with E-state index in [-0.39, 0.29) is 23.2 Å². The number of carbonyl (C=O) groups is 1. The fourth-order valence-electron chi connectivity index (χ4n) is 2.48. The first-order valence-corrected chi connectivity index (χ1v) is 6.60. The van der Waals surface area contributed by atoms with Crippen LogP contribution in [0.3, 0.4) is 0 Å². The lowest BCUT2D eigenvalue weighted by molar-refractivity contribution is 0.0635. The van der Waals surface area contributed by atoms with Crippen molar-refractivity contribution in [1.29, 1.82) is 0 Å². The molecule has 0 spiro atoms. The zero-order valence-corrected chi connectivity index (χ0v) is 11.7. The van der Waals surface area contributed by atoms with Gasteiger partial charge in [0.2, 0.25) is 0 Å². The number of anilines is 1. The molecule has 20 heavy (non-hydrogen) atoms. The monoisotopic (exact) mass is 283 g/mol. The number of rotatable bonds is 2.